The van der Waals surface area contributed by atoms with E-state index in [0.717, 1.165) is 11.1 Å². The van der Waals surface area contributed by atoms with E-state index in [0.29, 0.717) is 44.3 Å². The number of aromatic nitrogens is 1. The summed E-state index contributed by atoms with van der Waals surface area (Å²) in [7, 11) is 0. The Kier molecular flexibility index (Phi) is 9.05. The lowest BCUT2D eigenvalue weighted by Gasteiger charge is -2.25. The molecule has 0 spiro atoms. The van der Waals surface area contributed by atoms with Crippen molar-refractivity contribution in [2.75, 3.05) is 6.61 Å². The Hall–Kier alpha value is -5.03. The number of esters is 1. The molecular formula is C33H31N3O7S. The number of carbonyl (C=O) groups excluding carboxylic acids is 1. The molecule has 0 radical (unpaired) electrons. The van der Waals surface area contributed by atoms with Crippen LogP contribution in [-0.2, 0) is 16.1 Å². The van der Waals surface area contributed by atoms with Gasteiger partial charge >= 0.3 is 5.97 Å². The first kappa shape index (κ1) is 30.4. The molecule has 0 N–H and O–H groups in total. The molecule has 11 heteroatoms. The fourth-order valence-electron chi connectivity index (χ4n) is 4.84. The van der Waals surface area contributed by atoms with Crippen molar-refractivity contribution < 1.29 is 23.9 Å². The van der Waals surface area contributed by atoms with Gasteiger partial charge in [0.15, 0.2) is 16.3 Å². The van der Waals surface area contributed by atoms with Crippen molar-refractivity contribution in [2.24, 2.45) is 4.99 Å². The van der Waals surface area contributed by atoms with E-state index in [1.165, 1.54) is 23.5 Å². The summed E-state index contributed by atoms with van der Waals surface area (Å²) in [4.78, 5) is 42.7. The fourth-order valence-corrected chi connectivity index (χ4v) is 5.89. The first-order chi connectivity index (χ1) is 21.2. The smallest absolute Gasteiger partial charge is 0.338 e. The molecule has 44 heavy (non-hydrogen) atoms. The minimum atomic E-state index is -0.685. The predicted octanol–water partition coefficient (Wildman–Crippen LogP) is 5.07. The molecule has 1 aliphatic heterocycles. The molecule has 10 nitrogen and oxygen atoms in total. The van der Waals surface area contributed by atoms with Gasteiger partial charge in [-0.3, -0.25) is 19.5 Å². The number of benzene rings is 3. The number of hydrogen-bond acceptors (Lipinski definition) is 9. The van der Waals surface area contributed by atoms with Gasteiger partial charge in [-0.15, -0.1) is 0 Å². The number of hydrogen-bond donors (Lipinski definition) is 0. The minimum absolute atomic E-state index is 0.00959. The Morgan fingerprint density at radius 1 is 1.07 bits per heavy atom. The van der Waals surface area contributed by atoms with Gasteiger partial charge in [0.2, 0.25) is 0 Å². The third-order valence-corrected chi connectivity index (χ3v) is 7.79. The Bertz CT molecular complexity index is 1910. The molecule has 2 heterocycles. The van der Waals surface area contributed by atoms with Crippen LogP contribution in [0.3, 0.4) is 0 Å². The lowest BCUT2D eigenvalue weighted by molar-refractivity contribution is -0.384. The molecule has 1 aromatic heterocycles. The molecule has 1 atom stereocenters. The van der Waals surface area contributed by atoms with Crippen LogP contribution in [-0.4, -0.2) is 28.2 Å². The predicted molar refractivity (Wildman–Crippen MR) is 166 cm³/mol. The van der Waals surface area contributed by atoms with Gasteiger partial charge < -0.3 is 14.2 Å². The average molecular weight is 614 g/mol. The summed E-state index contributed by atoms with van der Waals surface area (Å²) in [6.45, 7) is 7.76. The summed E-state index contributed by atoms with van der Waals surface area (Å²) < 4.78 is 19.4. The number of rotatable bonds is 10. The number of allylic oxidation sites excluding steroid dienone is 1. The van der Waals surface area contributed by atoms with E-state index in [4.69, 9.17) is 14.2 Å². The van der Waals surface area contributed by atoms with E-state index in [1.807, 2.05) is 43.3 Å². The van der Waals surface area contributed by atoms with Crippen LogP contribution in [0.5, 0.6) is 11.5 Å². The number of nitrogens with zero attached hydrogens (tertiary/aromatic N) is 3. The SMILES string of the molecule is CCOc1cc(C=c2sc3n(c2=O)C(c2ccccc2)C(C(=O)OC(C)C)=C(C)N=3)ccc1OCc1ccc([N+](=O)[O-])cc1. The first-order valence-electron chi connectivity index (χ1n) is 14.1. The van der Waals surface area contributed by atoms with Crippen molar-refractivity contribution in [3.8, 4) is 11.5 Å². The molecule has 3 aromatic carbocycles. The van der Waals surface area contributed by atoms with Crippen molar-refractivity contribution in [2.45, 2.75) is 46.4 Å². The standard InChI is InChI=1S/C33H31N3O7S/c1-5-41-27-17-23(13-16-26(27)42-19-22-11-14-25(15-12-22)36(39)40)18-28-31(37)35-30(24-9-7-6-8-10-24)29(32(38)43-20(2)3)21(4)34-33(35)44-28/h6-18,20,30H,5,19H2,1-4H3. The Morgan fingerprint density at radius 3 is 2.45 bits per heavy atom. The zero-order chi connectivity index (χ0) is 31.4. The highest BCUT2D eigenvalue weighted by Gasteiger charge is 2.33. The number of carbonyl (C=O) groups is 1. The summed E-state index contributed by atoms with van der Waals surface area (Å²) in [5, 5.41) is 10.9. The van der Waals surface area contributed by atoms with Crippen molar-refractivity contribution in [3.63, 3.8) is 0 Å². The van der Waals surface area contributed by atoms with Gasteiger partial charge in [-0.25, -0.2) is 9.79 Å². The summed E-state index contributed by atoms with van der Waals surface area (Å²) in [6.07, 6.45) is 1.43. The molecule has 0 aliphatic carbocycles. The zero-order valence-corrected chi connectivity index (χ0v) is 25.5. The molecule has 1 unspecified atom stereocenters. The first-order valence-corrected chi connectivity index (χ1v) is 14.9. The number of nitro benzene ring substituents is 1. The van der Waals surface area contributed by atoms with Crippen LogP contribution < -0.4 is 24.4 Å². The third-order valence-electron chi connectivity index (χ3n) is 6.81. The van der Waals surface area contributed by atoms with Crippen LogP contribution in [0.4, 0.5) is 5.69 Å². The van der Waals surface area contributed by atoms with Gasteiger partial charge in [0.25, 0.3) is 11.2 Å². The van der Waals surface area contributed by atoms with E-state index in [2.05, 4.69) is 4.99 Å². The van der Waals surface area contributed by atoms with E-state index >= 15 is 0 Å². The maximum absolute atomic E-state index is 13.9. The lowest BCUT2D eigenvalue weighted by atomic mass is 9.96. The van der Waals surface area contributed by atoms with Crippen LogP contribution in [0.2, 0.25) is 0 Å². The van der Waals surface area contributed by atoms with Crippen molar-refractivity contribution in [1.29, 1.82) is 0 Å². The van der Waals surface area contributed by atoms with Crippen LogP contribution in [0, 0.1) is 10.1 Å². The molecule has 226 valence electrons. The molecule has 0 amide bonds. The molecule has 0 fully saturated rings. The lowest BCUT2D eigenvalue weighted by Crippen LogP contribution is -2.40. The van der Waals surface area contributed by atoms with E-state index in [-0.39, 0.29) is 24.0 Å². The van der Waals surface area contributed by atoms with Gasteiger partial charge in [-0.05, 0) is 74.7 Å². The summed E-state index contributed by atoms with van der Waals surface area (Å²) in [5.41, 5.74) is 2.83. The minimum Gasteiger partial charge on any atom is -0.490 e. The number of non-ortho nitro benzene ring substituents is 1. The van der Waals surface area contributed by atoms with Gasteiger partial charge in [-0.1, -0.05) is 47.7 Å². The quantitative estimate of drug-likeness (QED) is 0.139. The van der Waals surface area contributed by atoms with Crippen LogP contribution in [0.1, 0.15) is 50.4 Å². The van der Waals surface area contributed by atoms with Crippen molar-refractivity contribution in [3.05, 3.63) is 131 Å². The van der Waals surface area contributed by atoms with E-state index in [1.54, 1.807) is 55.7 Å². The number of nitro groups is 1. The topological polar surface area (TPSA) is 122 Å². The molecule has 0 saturated heterocycles. The van der Waals surface area contributed by atoms with Gasteiger partial charge in [-0.2, -0.15) is 0 Å². The molecular weight excluding hydrogens is 582 g/mol. The van der Waals surface area contributed by atoms with Crippen LogP contribution >= 0.6 is 11.3 Å². The fraction of sp³-hybridized carbons (Fsp3) is 0.242. The van der Waals surface area contributed by atoms with Crippen molar-refractivity contribution >= 4 is 29.1 Å². The second-order valence-corrected chi connectivity index (χ2v) is 11.3. The Morgan fingerprint density at radius 2 is 1.80 bits per heavy atom. The van der Waals surface area contributed by atoms with Crippen molar-refractivity contribution in [1.82, 2.24) is 4.57 Å². The second kappa shape index (κ2) is 13.1. The van der Waals surface area contributed by atoms with Gasteiger partial charge in [0.1, 0.15) is 6.61 Å². The Balaban J connectivity index is 1.50. The third kappa shape index (κ3) is 6.47. The van der Waals surface area contributed by atoms with E-state index in [9.17, 15) is 19.7 Å². The maximum Gasteiger partial charge on any atom is 0.338 e. The zero-order valence-electron chi connectivity index (χ0n) is 24.7. The number of fused-ring (bicyclic) bond motifs is 1. The second-order valence-electron chi connectivity index (χ2n) is 10.3. The summed E-state index contributed by atoms with van der Waals surface area (Å²) in [6, 6.07) is 20.2. The average Bonchev–Trinajstić information content (AvgIpc) is 3.30. The number of thiazole rings is 1. The van der Waals surface area contributed by atoms with Crippen LogP contribution in [0.15, 0.2) is 93.9 Å². The molecule has 0 bridgehead atoms. The monoisotopic (exact) mass is 613 g/mol. The molecule has 5 rings (SSSR count). The molecule has 1 aliphatic rings. The highest BCUT2D eigenvalue weighted by molar-refractivity contribution is 7.07. The normalized spacial score (nSPS) is 14.7. The van der Waals surface area contributed by atoms with Gasteiger partial charge in [0.05, 0.1) is 39.5 Å². The maximum atomic E-state index is 13.9. The summed E-state index contributed by atoms with van der Waals surface area (Å²) in [5.74, 6) is 0.486. The van der Waals surface area contributed by atoms with Gasteiger partial charge in [0, 0.05) is 12.1 Å². The van der Waals surface area contributed by atoms with Crippen LogP contribution in [0.25, 0.3) is 6.08 Å². The highest BCUT2D eigenvalue weighted by atomic mass is 32.1. The summed E-state index contributed by atoms with van der Waals surface area (Å²) >= 11 is 1.24. The highest BCUT2D eigenvalue weighted by Crippen LogP contribution is 2.32. The Labute approximate surface area is 257 Å². The number of ether oxygens (including phenoxy) is 3. The molecule has 0 saturated carbocycles. The largest absolute Gasteiger partial charge is 0.490 e. The van der Waals surface area contributed by atoms with E-state index < -0.39 is 16.9 Å². The molecule has 4 aromatic rings.